The van der Waals surface area contributed by atoms with Gasteiger partial charge in [0.1, 0.15) is 6.61 Å². The third-order valence-corrected chi connectivity index (χ3v) is 7.72. The molecule has 1 fully saturated rings. The van der Waals surface area contributed by atoms with Crippen LogP contribution in [0.3, 0.4) is 0 Å². The van der Waals surface area contributed by atoms with Crippen LogP contribution in [0.15, 0.2) is 66.0 Å². The van der Waals surface area contributed by atoms with Crippen LogP contribution in [-0.4, -0.2) is 88.3 Å². The number of hydrogen-bond donors (Lipinski definition) is 0. The predicted octanol–water partition coefficient (Wildman–Crippen LogP) is 5.33. The van der Waals surface area contributed by atoms with Crippen LogP contribution >= 0.6 is 23.4 Å². The number of hydrogen-bond acceptors (Lipinski definition) is 8. The lowest BCUT2D eigenvalue weighted by Crippen LogP contribution is -2.45. The van der Waals surface area contributed by atoms with E-state index in [2.05, 4.69) is 41.0 Å². The van der Waals surface area contributed by atoms with Gasteiger partial charge in [0.05, 0.1) is 23.3 Å². The molecule has 2 aromatic heterocycles. The molecule has 0 N–H and O–H groups in total. The molecule has 2 aromatic carbocycles. The van der Waals surface area contributed by atoms with Gasteiger partial charge in [0.2, 0.25) is 0 Å². The van der Waals surface area contributed by atoms with E-state index in [0.29, 0.717) is 39.3 Å². The molecule has 1 atom stereocenters. The molecule has 0 saturated carbocycles. The first-order chi connectivity index (χ1) is 18.9. The molecular weight excluding hydrogens is 534 g/mol. The number of likely N-dealkylation sites (N-methyl/N-ethyl adjacent to an activating group) is 1. The second-order valence-electron chi connectivity index (χ2n) is 9.52. The summed E-state index contributed by atoms with van der Waals surface area (Å²) in [7, 11) is 2.12. The van der Waals surface area contributed by atoms with Crippen molar-refractivity contribution in [2.75, 3.05) is 57.5 Å². The second-order valence-corrected chi connectivity index (χ2v) is 10.7. The van der Waals surface area contributed by atoms with E-state index in [0.717, 1.165) is 31.7 Å². The molecule has 1 aliphatic rings. The van der Waals surface area contributed by atoms with E-state index in [1.807, 2.05) is 35.2 Å². The highest BCUT2D eigenvalue weighted by atomic mass is 35.5. The van der Waals surface area contributed by atoms with Crippen LogP contribution in [0.1, 0.15) is 18.5 Å². The standard InChI is InChI=1S/C28H32ClN7O2S/c1-20(21-8-5-4-6-9-21)36-26-24(19-30-36)25(31-27(32-26)39-3)35(23-11-7-10-22(29)18-23)28(37)38-17-16-34-14-12-33(2)13-15-34/h4-11,18-20H,12-17H2,1-3H3. The number of nitrogens with zero attached hydrogens (tertiary/aromatic N) is 7. The van der Waals surface area contributed by atoms with Gasteiger partial charge in [-0.2, -0.15) is 5.10 Å². The largest absolute Gasteiger partial charge is 0.448 e. The van der Waals surface area contributed by atoms with Crippen LogP contribution in [0.4, 0.5) is 16.3 Å². The fourth-order valence-corrected chi connectivity index (χ4v) is 5.18. The van der Waals surface area contributed by atoms with Gasteiger partial charge < -0.3 is 9.64 Å². The van der Waals surface area contributed by atoms with Gasteiger partial charge >= 0.3 is 6.09 Å². The first-order valence-corrected chi connectivity index (χ1v) is 14.5. The summed E-state index contributed by atoms with van der Waals surface area (Å²) < 4.78 is 7.69. The normalized spacial score (nSPS) is 15.4. The van der Waals surface area contributed by atoms with Gasteiger partial charge in [0.25, 0.3) is 0 Å². The molecule has 39 heavy (non-hydrogen) atoms. The van der Waals surface area contributed by atoms with Gasteiger partial charge in [-0.25, -0.2) is 24.3 Å². The number of aromatic nitrogens is 4. The number of carbonyl (C=O) groups is 1. The molecule has 1 saturated heterocycles. The monoisotopic (exact) mass is 565 g/mol. The minimum Gasteiger partial charge on any atom is -0.448 e. The number of thioether (sulfide) groups is 1. The number of amides is 1. The first-order valence-electron chi connectivity index (χ1n) is 12.9. The Hall–Kier alpha value is -3.18. The topological polar surface area (TPSA) is 79.6 Å². The molecule has 3 heterocycles. The van der Waals surface area contributed by atoms with Crippen LogP contribution in [0.5, 0.6) is 0 Å². The number of halogens is 1. The third-order valence-electron chi connectivity index (χ3n) is 6.93. The highest BCUT2D eigenvalue weighted by molar-refractivity contribution is 7.98. The molecule has 1 unspecified atom stereocenters. The van der Waals surface area contributed by atoms with Gasteiger partial charge in [-0.3, -0.25) is 4.90 Å². The van der Waals surface area contributed by atoms with Crippen LogP contribution in [0.25, 0.3) is 11.0 Å². The molecule has 4 aromatic rings. The summed E-state index contributed by atoms with van der Waals surface area (Å²) in [6.45, 7) is 6.93. The Morgan fingerprint density at radius 1 is 1.10 bits per heavy atom. The maximum Gasteiger partial charge on any atom is 0.420 e. The number of piperazine rings is 1. The van der Waals surface area contributed by atoms with Gasteiger partial charge in [-0.05, 0) is 44.0 Å². The number of ether oxygens (including phenoxy) is 1. The quantitative estimate of drug-likeness (QED) is 0.209. The van der Waals surface area contributed by atoms with Crippen LogP contribution in [-0.2, 0) is 4.74 Å². The Kier molecular flexibility index (Phi) is 8.66. The number of carbonyl (C=O) groups excluding carboxylic acids is 1. The maximum atomic E-state index is 13.7. The zero-order valence-electron chi connectivity index (χ0n) is 22.3. The van der Waals surface area contributed by atoms with E-state index in [9.17, 15) is 4.79 Å². The molecule has 9 nitrogen and oxygen atoms in total. The Labute approximate surface area is 237 Å². The lowest BCUT2D eigenvalue weighted by Gasteiger charge is -2.32. The van der Waals surface area contributed by atoms with Gasteiger partial charge in [-0.1, -0.05) is 59.8 Å². The average molecular weight is 566 g/mol. The summed E-state index contributed by atoms with van der Waals surface area (Å²) in [6, 6.07) is 17.2. The Morgan fingerprint density at radius 3 is 2.59 bits per heavy atom. The lowest BCUT2D eigenvalue weighted by molar-refractivity contribution is 0.108. The maximum absolute atomic E-state index is 13.7. The molecule has 0 aliphatic carbocycles. The molecule has 204 valence electrons. The van der Waals surface area contributed by atoms with Crippen molar-refractivity contribution in [2.24, 2.45) is 0 Å². The van der Waals surface area contributed by atoms with Gasteiger partial charge in [0, 0.05) is 37.7 Å². The first kappa shape index (κ1) is 27.4. The van der Waals surface area contributed by atoms with Crippen molar-refractivity contribution in [3.8, 4) is 0 Å². The highest BCUT2D eigenvalue weighted by Crippen LogP contribution is 2.35. The Morgan fingerprint density at radius 2 is 1.87 bits per heavy atom. The zero-order valence-corrected chi connectivity index (χ0v) is 23.9. The van der Waals surface area contributed by atoms with E-state index in [1.54, 1.807) is 24.4 Å². The van der Waals surface area contributed by atoms with E-state index in [1.165, 1.54) is 16.7 Å². The summed E-state index contributed by atoms with van der Waals surface area (Å²) in [4.78, 5) is 29.3. The number of anilines is 2. The summed E-state index contributed by atoms with van der Waals surface area (Å²) in [5, 5.41) is 6.36. The molecule has 0 spiro atoms. The van der Waals surface area contributed by atoms with Crippen molar-refractivity contribution in [3.63, 3.8) is 0 Å². The van der Waals surface area contributed by atoms with Gasteiger partial charge in [0.15, 0.2) is 16.6 Å². The van der Waals surface area contributed by atoms with E-state index < -0.39 is 6.09 Å². The van der Waals surface area contributed by atoms with Gasteiger partial charge in [-0.15, -0.1) is 0 Å². The number of rotatable bonds is 8. The average Bonchev–Trinajstić information content (AvgIpc) is 3.38. The summed E-state index contributed by atoms with van der Waals surface area (Å²) in [5.41, 5.74) is 2.30. The molecule has 0 bridgehead atoms. The van der Waals surface area contributed by atoms with Crippen molar-refractivity contribution in [1.82, 2.24) is 29.5 Å². The van der Waals surface area contributed by atoms with Crippen LogP contribution in [0, 0.1) is 0 Å². The van der Waals surface area contributed by atoms with Crippen molar-refractivity contribution < 1.29 is 9.53 Å². The summed E-state index contributed by atoms with van der Waals surface area (Å²) >= 11 is 7.75. The highest BCUT2D eigenvalue weighted by Gasteiger charge is 2.27. The number of fused-ring (bicyclic) bond motifs is 1. The second kappa shape index (κ2) is 12.3. The molecular formula is C28H32ClN7O2S. The number of benzene rings is 2. The van der Waals surface area contributed by atoms with E-state index in [-0.39, 0.29) is 12.6 Å². The smallest absolute Gasteiger partial charge is 0.420 e. The molecule has 1 aliphatic heterocycles. The fraction of sp³-hybridized carbons (Fsp3) is 0.357. The Bertz CT molecular complexity index is 1430. The fourth-order valence-electron chi connectivity index (χ4n) is 4.64. The van der Waals surface area contributed by atoms with E-state index in [4.69, 9.17) is 26.3 Å². The predicted molar refractivity (Wildman–Crippen MR) is 156 cm³/mol. The Balaban J connectivity index is 1.50. The molecule has 11 heteroatoms. The molecule has 0 radical (unpaired) electrons. The van der Waals surface area contributed by atoms with Crippen molar-refractivity contribution in [1.29, 1.82) is 0 Å². The van der Waals surface area contributed by atoms with E-state index >= 15 is 0 Å². The summed E-state index contributed by atoms with van der Waals surface area (Å²) in [5.74, 6) is 0.405. The zero-order chi connectivity index (χ0) is 27.4. The minimum absolute atomic E-state index is 0.0729. The molecule has 5 rings (SSSR count). The SMILES string of the molecule is CSc1nc(N(C(=O)OCCN2CCN(C)CC2)c2cccc(Cl)c2)c2cnn(C(C)c3ccccc3)c2n1. The third kappa shape index (κ3) is 6.19. The lowest BCUT2D eigenvalue weighted by atomic mass is 10.1. The van der Waals surface area contributed by atoms with Crippen LogP contribution < -0.4 is 4.90 Å². The van der Waals surface area contributed by atoms with Crippen LogP contribution in [0.2, 0.25) is 5.02 Å². The van der Waals surface area contributed by atoms with Crippen molar-refractivity contribution in [3.05, 3.63) is 71.4 Å². The van der Waals surface area contributed by atoms with Crippen molar-refractivity contribution >= 4 is 52.0 Å². The molecule has 1 amide bonds. The minimum atomic E-state index is -0.526. The summed E-state index contributed by atoms with van der Waals surface area (Å²) in [6.07, 6.45) is 3.09. The van der Waals surface area contributed by atoms with Crippen molar-refractivity contribution in [2.45, 2.75) is 18.1 Å².